The fraction of sp³-hybridized carbons (Fsp3) is 0.476. The third kappa shape index (κ3) is 13.6. The van der Waals surface area contributed by atoms with Gasteiger partial charge in [-0.3, -0.25) is 29.0 Å². The summed E-state index contributed by atoms with van der Waals surface area (Å²) in [5.74, 6) is -0.914. The normalized spacial score (nSPS) is 19.8. The van der Waals surface area contributed by atoms with Gasteiger partial charge in [0, 0.05) is 89.4 Å². The predicted octanol–water partition coefficient (Wildman–Crippen LogP) is 7.68. The van der Waals surface area contributed by atoms with E-state index < -0.39 is 29.4 Å². The van der Waals surface area contributed by atoms with E-state index >= 15 is 4.39 Å². The van der Waals surface area contributed by atoms with Gasteiger partial charge < -0.3 is 45.2 Å². The molecule has 84 heavy (non-hydrogen) atoms. The molecule has 4 aliphatic heterocycles. The molecule has 18 nitrogen and oxygen atoms in total. The number of likely N-dealkylation sites (tertiary alicyclic amines) is 2. The van der Waals surface area contributed by atoms with Crippen LogP contribution in [0.1, 0.15) is 71.2 Å². The molecule has 4 N–H and O–H groups in total. The van der Waals surface area contributed by atoms with Crippen LogP contribution in [0.15, 0.2) is 84.9 Å². The maximum Gasteiger partial charge on any atom is 0.319 e. The van der Waals surface area contributed by atoms with Crippen LogP contribution in [-0.4, -0.2) is 189 Å². The van der Waals surface area contributed by atoms with Crippen molar-refractivity contribution in [1.29, 1.82) is 0 Å². The molecule has 0 saturated carbocycles. The molecule has 0 unspecified atom stereocenters. The van der Waals surface area contributed by atoms with Gasteiger partial charge in [0.15, 0.2) is 5.82 Å². The Balaban J connectivity index is 0.708. The number of fused-ring (bicyclic) bond motifs is 2. The zero-order valence-corrected chi connectivity index (χ0v) is 50.4. The number of piperazine rings is 2. The van der Waals surface area contributed by atoms with Crippen LogP contribution in [0, 0.1) is 24.1 Å². The largest absolute Gasteiger partial charge is 0.508 e. The maximum atomic E-state index is 17.2. The van der Waals surface area contributed by atoms with E-state index in [0.29, 0.717) is 55.4 Å². The van der Waals surface area contributed by atoms with Crippen LogP contribution in [0.3, 0.4) is 0 Å². The summed E-state index contributed by atoms with van der Waals surface area (Å²) in [5, 5.41) is 29.6. The standard InChI is InChI=1S/C63H77ClFN11O7S/c1-8-53(80)74-25-27-75(28-26-74)59-49-32-50(64)54(48-30-45(77)29-44-11-9-10-12-47(44)48)55(65)56(49)69-62(70-59)83-38(2)33-72-21-23-73(24-22-72)34-41-17-19-71(20-18-41)36-52(79)68-58(63(5,6)7)61(82)76-35-46(78)31-51(76)60(81)67-39(3)42-13-15-43(16-14-42)57-40(4)66-37-84-57/h8-16,29-30,32,37-39,41,46,51,58,77-78H,1,17-28,31,33-36H2,2-7H3,(H,67,81)(H,68,79)/t38-,39+,46-,51+,58-/m1/s1. The van der Waals surface area contributed by atoms with Crippen molar-refractivity contribution < 1.29 is 38.5 Å². The molecule has 21 heteroatoms. The van der Waals surface area contributed by atoms with Crippen molar-refractivity contribution in [3.63, 3.8) is 0 Å². The Morgan fingerprint density at radius 2 is 1.60 bits per heavy atom. The van der Waals surface area contributed by atoms with Crippen LogP contribution in [0.4, 0.5) is 10.2 Å². The lowest BCUT2D eigenvalue weighted by Crippen LogP contribution is -2.59. The second kappa shape index (κ2) is 25.8. The number of aromatic nitrogens is 3. The predicted molar refractivity (Wildman–Crippen MR) is 327 cm³/mol. The van der Waals surface area contributed by atoms with Gasteiger partial charge in [0.2, 0.25) is 23.6 Å². The van der Waals surface area contributed by atoms with Crippen molar-refractivity contribution >= 4 is 74.1 Å². The highest BCUT2D eigenvalue weighted by atomic mass is 35.5. The topological polar surface area (TPSA) is 200 Å². The molecule has 6 heterocycles. The zero-order chi connectivity index (χ0) is 59.6. The third-order valence-electron chi connectivity index (χ3n) is 17.0. The summed E-state index contributed by atoms with van der Waals surface area (Å²) in [6.07, 6.45) is 2.06. The van der Waals surface area contributed by atoms with Crippen LogP contribution in [0.5, 0.6) is 11.8 Å². The fourth-order valence-electron chi connectivity index (χ4n) is 12.3. The van der Waals surface area contributed by atoms with E-state index in [2.05, 4.69) is 36.9 Å². The van der Waals surface area contributed by atoms with E-state index in [0.717, 1.165) is 91.1 Å². The van der Waals surface area contributed by atoms with Crippen molar-refractivity contribution in [1.82, 2.24) is 50.1 Å². The molecule has 0 radical (unpaired) electrons. The first-order chi connectivity index (χ1) is 40.2. The summed E-state index contributed by atoms with van der Waals surface area (Å²) in [5.41, 5.74) is 4.65. The van der Waals surface area contributed by atoms with E-state index in [1.807, 2.05) is 100 Å². The highest BCUT2D eigenvalue weighted by Gasteiger charge is 2.45. The number of aliphatic hydroxyl groups excluding tert-OH is 1. The van der Waals surface area contributed by atoms with Gasteiger partial charge in [0.1, 0.15) is 35.3 Å². The molecule has 4 aromatic carbocycles. The van der Waals surface area contributed by atoms with Crippen molar-refractivity contribution in [2.24, 2.45) is 11.3 Å². The average molecular weight is 1190 g/mol. The van der Waals surface area contributed by atoms with Crippen LogP contribution >= 0.6 is 22.9 Å². The number of aryl methyl sites for hydroxylation is 1. The van der Waals surface area contributed by atoms with E-state index in [9.17, 15) is 29.4 Å². The van der Waals surface area contributed by atoms with Gasteiger partial charge in [-0.2, -0.15) is 9.97 Å². The number of carbonyl (C=O) groups is 4. The van der Waals surface area contributed by atoms with Gasteiger partial charge in [0.25, 0.3) is 0 Å². The smallest absolute Gasteiger partial charge is 0.319 e. The van der Waals surface area contributed by atoms with Crippen molar-refractivity contribution in [2.75, 3.05) is 96.5 Å². The molecule has 10 rings (SSSR count). The summed E-state index contributed by atoms with van der Waals surface area (Å²) in [7, 11) is 0. The van der Waals surface area contributed by atoms with Crippen molar-refractivity contribution in [2.45, 2.75) is 91.1 Å². The highest BCUT2D eigenvalue weighted by Crippen LogP contribution is 2.43. The molecule has 0 aliphatic carbocycles. The number of phenols is 1. The number of hydrogen-bond acceptors (Lipinski definition) is 15. The summed E-state index contributed by atoms with van der Waals surface area (Å²) in [6.45, 7) is 23.5. The number of anilines is 1. The minimum atomic E-state index is -0.914. The molecule has 446 valence electrons. The number of piperidine rings is 1. The minimum absolute atomic E-state index is 0.00126. The number of amides is 4. The monoisotopic (exact) mass is 1190 g/mol. The Hall–Kier alpha value is -6.81. The Bertz CT molecular complexity index is 3390. The molecule has 5 atom stereocenters. The molecule has 2 aromatic heterocycles. The molecule has 4 amide bonds. The summed E-state index contributed by atoms with van der Waals surface area (Å²) < 4.78 is 23.7. The zero-order valence-electron chi connectivity index (χ0n) is 48.8. The third-order valence-corrected chi connectivity index (χ3v) is 18.2. The molecule has 0 spiro atoms. The molecular weight excluding hydrogens is 1110 g/mol. The lowest BCUT2D eigenvalue weighted by molar-refractivity contribution is -0.144. The lowest BCUT2D eigenvalue weighted by Gasteiger charge is -2.39. The Morgan fingerprint density at radius 1 is 0.893 bits per heavy atom. The molecular formula is C63H77ClFN11O7S. The first-order valence-electron chi connectivity index (χ1n) is 29.2. The van der Waals surface area contributed by atoms with Crippen molar-refractivity contribution in [3.05, 3.63) is 107 Å². The van der Waals surface area contributed by atoms with Crippen LogP contribution in [0.25, 0.3) is 43.2 Å². The van der Waals surface area contributed by atoms with E-state index in [1.165, 1.54) is 17.0 Å². The Morgan fingerprint density at radius 3 is 2.27 bits per heavy atom. The van der Waals surface area contributed by atoms with E-state index in [4.69, 9.17) is 26.3 Å². The number of aliphatic hydroxyl groups is 1. The number of benzene rings is 4. The number of hydrogen-bond donors (Lipinski definition) is 4. The number of thiazole rings is 1. The van der Waals surface area contributed by atoms with Crippen LogP contribution in [-0.2, 0) is 19.2 Å². The summed E-state index contributed by atoms with van der Waals surface area (Å²) in [6, 6.07) is 18.1. The first kappa shape index (κ1) is 60.3. The summed E-state index contributed by atoms with van der Waals surface area (Å²) >= 11 is 8.54. The van der Waals surface area contributed by atoms with Gasteiger partial charge in [-0.1, -0.05) is 87.5 Å². The van der Waals surface area contributed by atoms with Crippen molar-refractivity contribution in [3.8, 4) is 33.3 Å². The van der Waals surface area contributed by atoms with E-state index in [1.54, 1.807) is 28.4 Å². The number of halogens is 2. The first-order valence-corrected chi connectivity index (χ1v) is 30.5. The average Bonchev–Trinajstić information content (AvgIpc) is 4.23. The Labute approximate surface area is 499 Å². The molecule has 4 aliphatic rings. The van der Waals surface area contributed by atoms with Gasteiger partial charge in [-0.05, 0) is 110 Å². The van der Waals surface area contributed by atoms with Gasteiger partial charge in [-0.15, -0.1) is 11.3 Å². The lowest BCUT2D eigenvalue weighted by atomic mass is 9.85. The number of rotatable bonds is 17. The van der Waals surface area contributed by atoms with Gasteiger partial charge in [-0.25, -0.2) is 9.37 Å². The minimum Gasteiger partial charge on any atom is -0.508 e. The molecule has 4 saturated heterocycles. The number of nitrogens with zero attached hydrogens (tertiary/aromatic N) is 9. The van der Waals surface area contributed by atoms with Gasteiger partial charge in [0.05, 0.1) is 39.8 Å². The Kier molecular flexibility index (Phi) is 18.5. The van der Waals surface area contributed by atoms with Crippen LogP contribution in [0.2, 0.25) is 5.02 Å². The van der Waals surface area contributed by atoms with E-state index in [-0.39, 0.29) is 83.1 Å². The fourth-order valence-corrected chi connectivity index (χ4v) is 13.4. The molecule has 4 fully saturated rings. The number of carbonyl (C=O) groups excluding carboxylic acids is 4. The molecule has 0 bridgehead atoms. The number of nitrogens with one attached hydrogen (secondary N) is 2. The molecule has 6 aromatic rings. The number of aromatic hydroxyl groups is 1. The summed E-state index contributed by atoms with van der Waals surface area (Å²) in [4.78, 5) is 81.7. The number of ether oxygens (including phenoxy) is 1. The van der Waals surface area contributed by atoms with Gasteiger partial charge >= 0.3 is 6.01 Å². The maximum absolute atomic E-state index is 17.2. The highest BCUT2D eigenvalue weighted by molar-refractivity contribution is 7.13. The second-order valence-corrected chi connectivity index (χ2v) is 25.4. The second-order valence-electron chi connectivity index (χ2n) is 24.1. The van der Waals surface area contributed by atoms with Crippen LogP contribution < -0.4 is 20.3 Å². The SMILES string of the molecule is C=CC(=O)N1CCN(c2nc(O[C@H](C)CN3CCN(CC4CCN(CC(=O)N[C@H](C(=O)N5C[C@H](O)C[C@H]5C(=O)N[C@@H](C)c5ccc(-c6scnc6C)cc5)C(C)(C)C)CC4)CC3)nc3c(F)c(-c4cc(O)cc5ccccc45)c(Cl)cc23)CC1. The quantitative estimate of drug-likeness (QED) is 0.0649. The number of phenolic OH excluding ortho intramolecular Hbond substituents is 1. The number of β-amino-alcohol motifs (C(OH)–C–C–N with tert-alkyl or cyclic N) is 1.